The highest BCUT2D eigenvalue weighted by molar-refractivity contribution is 8.01. The maximum Gasteiger partial charge on any atom is 0.295 e. The van der Waals surface area contributed by atoms with Gasteiger partial charge in [-0.15, -0.1) is 0 Å². The highest BCUT2D eigenvalue weighted by atomic mass is 32.2. The van der Waals surface area contributed by atoms with Crippen molar-refractivity contribution in [3.8, 4) is 0 Å². The van der Waals surface area contributed by atoms with Crippen LogP contribution in [0.25, 0.3) is 0 Å². The predicted octanol–water partition coefficient (Wildman–Crippen LogP) is 5.10. The standard InChI is InChI=1S/C20H18O6S4/c1-13-3-7-15(8-4-13)27-17-11-18(28-16-9-5-14(2)6-10-16)20(30(24,25)26)12-19(17)29(21,22)23/h3-12H,1-2H3,(H,21,22,23)(H,24,25,26). The minimum absolute atomic E-state index is 0.142. The largest absolute Gasteiger partial charge is 0.295 e. The van der Waals surface area contributed by atoms with Gasteiger partial charge in [0, 0.05) is 19.6 Å². The molecule has 0 aliphatic rings. The van der Waals surface area contributed by atoms with Crippen molar-refractivity contribution >= 4 is 43.8 Å². The first kappa shape index (κ1) is 22.9. The summed E-state index contributed by atoms with van der Waals surface area (Å²) in [6, 6.07) is 16.7. The second kappa shape index (κ2) is 8.74. The Bertz CT molecular complexity index is 1180. The van der Waals surface area contributed by atoms with Gasteiger partial charge in [0.05, 0.1) is 0 Å². The number of benzene rings is 3. The summed E-state index contributed by atoms with van der Waals surface area (Å²) in [4.78, 5) is 0.516. The lowest BCUT2D eigenvalue weighted by molar-refractivity contribution is 0.477. The van der Waals surface area contributed by atoms with Gasteiger partial charge >= 0.3 is 0 Å². The van der Waals surface area contributed by atoms with Crippen molar-refractivity contribution in [1.82, 2.24) is 0 Å². The average Bonchev–Trinajstić information content (AvgIpc) is 2.64. The van der Waals surface area contributed by atoms with E-state index in [0.29, 0.717) is 9.79 Å². The van der Waals surface area contributed by atoms with Gasteiger partial charge in [-0.1, -0.05) is 58.9 Å². The molecule has 0 aromatic heterocycles. The number of rotatable bonds is 6. The zero-order valence-electron chi connectivity index (χ0n) is 15.9. The Morgan fingerprint density at radius 2 is 0.933 bits per heavy atom. The van der Waals surface area contributed by atoms with Gasteiger partial charge in [0.15, 0.2) is 0 Å². The van der Waals surface area contributed by atoms with E-state index >= 15 is 0 Å². The molecule has 0 aliphatic heterocycles. The molecular weight excluding hydrogens is 464 g/mol. The van der Waals surface area contributed by atoms with E-state index < -0.39 is 30.0 Å². The Morgan fingerprint density at radius 1 is 0.600 bits per heavy atom. The van der Waals surface area contributed by atoms with Crippen molar-refractivity contribution in [2.45, 2.75) is 43.2 Å². The molecule has 2 N–H and O–H groups in total. The third-order valence-electron chi connectivity index (χ3n) is 4.06. The molecule has 0 radical (unpaired) electrons. The zero-order chi connectivity index (χ0) is 22.1. The molecule has 0 atom stereocenters. The average molecular weight is 483 g/mol. The highest BCUT2D eigenvalue weighted by Crippen LogP contribution is 2.41. The highest BCUT2D eigenvalue weighted by Gasteiger charge is 2.25. The minimum atomic E-state index is -4.75. The molecule has 0 saturated heterocycles. The lowest BCUT2D eigenvalue weighted by Gasteiger charge is -2.13. The number of aryl methyl sites for hydroxylation is 2. The smallest absolute Gasteiger partial charge is 0.282 e. The van der Waals surface area contributed by atoms with Crippen LogP contribution in [0.5, 0.6) is 0 Å². The molecule has 0 spiro atoms. The summed E-state index contributed by atoms with van der Waals surface area (Å²) >= 11 is 2.13. The van der Waals surface area contributed by atoms with Crippen LogP contribution in [-0.4, -0.2) is 25.9 Å². The van der Waals surface area contributed by atoms with Crippen molar-refractivity contribution < 1.29 is 25.9 Å². The van der Waals surface area contributed by atoms with Gasteiger partial charge in [0.1, 0.15) is 9.79 Å². The van der Waals surface area contributed by atoms with Crippen molar-refractivity contribution in [3.05, 3.63) is 71.8 Å². The van der Waals surface area contributed by atoms with Crippen LogP contribution in [0.15, 0.2) is 90.0 Å². The van der Waals surface area contributed by atoms with Crippen LogP contribution in [-0.2, 0) is 20.2 Å². The van der Waals surface area contributed by atoms with Gasteiger partial charge in [-0.3, -0.25) is 9.11 Å². The van der Waals surface area contributed by atoms with Crippen LogP contribution in [0.2, 0.25) is 0 Å². The van der Waals surface area contributed by atoms with Gasteiger partial charge in [0.25, 0.3) is 20.2 Å². The van der Waals surface area contributed by atoms with Crippen LogP contribution in [0.4, 0.5) is 0 Å². The molecule has 0 fully saturated rings. The Kier molecular flexibility index (Phi) is 6.66. The second-order valence-corrected chi connectivity index (χ2v) is 11.5. The van der Waals surface area contributed by atoms with E-state index in [1.165, 1.54) is 6.07 Å². The quantitative estimate of drug-likeness (QED) is 0.467. The van der Waals surface area contributed by atoms with Gasteiger partial charge in [-0.05, 0) is 50.2 Å². The molecule has 3 rings (SSSR count). The summed E-state index contributed by atoms with van der Waals surface area (Å²) in [6.07, 6.45) is 0. The summed E-state index contributed by atoms with van der Waals surface area (Å²) < 4.78 is 67.1. The summed E-state index contributed by atoms with van der Waals surface area (Å²) in [5.74, 6) is 0. The van der Waals surface area contributed by atoms with Gasteiger partial charge < -0.3 is 0 Å². The van der Waals surface area contributed by atoms with Crippen molar-refractivity contribution in [2.24, 2.45) is 0 Å². The van der Waals surface area contributed by atoms with Crippen molar-refractivity contribution in [1.29, 1.82) is 0 Å². The second-order valence-electron chi connectivity index (χ2n) is 6.53. The van der Waals surface area contributed by atoms with Crippen molar-refractivity contribution in [3.63, 3.8) is 0 Å². The lowest BCUT2D eigenvalue weighted by atomic mass is 10.2. The molecule has 0 aliphatic carbocycles. The zero-order valence-corrected chi connectivity index (χ0v) is 19.2. The van der Waals surface area contributed by atoms with E-state index in [0.717, 1.165) is 40.7 Å². The lowest BCUT2D eigenvalue weighted by Crippen LogP contribution is -2.06. The monoisotopic (exact) mass is 482 g/mol. The van der Waals surface area contributed by atoms with Crippen LogP contribution in [0, 0.1) is 13.8 Å². The number of hydrogen-bond donors (Lipinski definition) is 2. The summed E-state index contributed by atoms with van der Waals surface area (Å²) in [6.45, 7) is 3.82. The maximum atomic E-state index is 11.9. The molecule has 3 aromatic carbocycles. The molecule has 0 saturated carbocycles. The molecule has 30 heavy (non-hydrogen) atoms. The Balaban J connectivity index is 2.18. The third kappa shape index (κ3) is 5.65. The maximum absolute atomic E-state index is 11.9. The summed E-state index contributed by atoms with van der Waals surface area (Å²) in [5.41, 5.74) is 2.04. The van der Waals surface area contributed by atoms with E-state index in [1.54, 1.807) is 24.3 Å². The normalized spacial score (nSPS) is 12.1. The van der Waals surface area contributed by atoms with E-state index in [-0.39, 0.29) is 9.79 Å². The molecular formula is C20H18O6S4. The fraction of sp³-hybridized carbons (Fsp3) is 0.100. The fourth-order valence-electron chi connectivity index (χ4n) is 2.55. The third-order valence-corrected chi connectivity index (χ3v) is 8.24. The molecule has 10 heteroatoms. The van der Waals surface area contributed by atoms with Crippen molar-refractivity contribution in [2.75, 3.05) is 0 Å². The molecule has 6 nitrogen and oxygen atoms in total. The van der Waals surface area contributed by atoms with Crippen LogP contribution in [0.1, 0.15) is 11.1 Å². The summed E-state index contributed by atoms with van der Waals surface area (Å²) in [5, 5.41) is 0. The van der Waals surface area contributed by atoms with Crippen LogP contribution >= 0.6 is 23.5 Å². The molecule has 158 valence electrons. The Labute approximate surface area is 184 Å². The molecule has 0 unspecified atom stereocenters. The first-order valence-corrected chi connectivity index (χ1v) is 13.1. The Morgan fingerprint density at radius 3 is 1.23 bits per heavy atom. The summed E-state index contributed by atoms with van der Waals surface area (Å²) in [7, 11) is -9.49. The molecule has 0 amide bonds. The number of hydrogen-bond acceptors (Lipinski definition) is 6. The van der Waals surface area contributed by atoms with E-state index in [2.05, 4.69) is 0 Å². The topological polar surface area (TPSA) is 109 Å². The SMILES string of the molecule is Cc1ccc(Sc2cc(Sc3ccc(C)cc3)c(S(=O)(=O)O)cc2S(=O)(=O)O)cc1. The first-order valence-electron chi connectivity index (χ1n) is 8.55. The molecule has 0 bridgehead atoms. The molecule has 3 aromatic rings. The van der Waals surface area contributed by atoms with Gasteiger partial charge in [0.2, 0.25) is 0 Å². The van der Waals surface area contributed by atoms with Crippen LogP contribution < -0.4 is 0 Å². The Hall–Kier alpha value is -1.82. The van der Waals surface area contributed by atoms with Gasteiger partial charge in [-0.2, -0.15) is 16.8 Å². The minimum Gasteiger partial charge on any atom is -0.282 e. The molecule has 0 heterocycles. The van der Waals surface area contributed by atoms with Gasteiger partial charge in [-0.25, -0.2) is 0 Å². The predicted molar refractivity (Wildman–Crippen MR) is 117 cm³/mol. The van der Waals surface area contributed by atoms with E-state index in [4.69, 9.17) is 0 Å². The van der Waals surface area contributed by atoms with E-state index in [9.17, 15) is 25.9 Å². The van der Waals surface area contributed by atoms with Crippen LogP contribution in [0.3, 0.4) is 0 Å². The fourth-order valence-corrected chi connectivity index (χ4v) is 6.47. The first-order chi connectivity index (χ1) is 13.9. The van der Waals surface area contributed by atoms with E-state index in [1.807, 2.05) is 38.1 Å².